The molecule has 6 heteroatoms. The van der Waals surface area contributed by atoms with Gasteiger partial charge in [0.1, 0.15) is 0 Å². The Morgan fingerprint density at radius 1 is 1.04 bits per heavy atom. The van der Waals surface area contributed by atoms with Gasteiger partial charge >= 0.3 is 0 Å². The van der Waals surface area contributed by atoms with Crippen LogP contribution in [0.1, 0.15) is 43.0 Å². The van der Waals surface area contributed by atoms with Crippen molar-refractivity contribution in [3.63, 3.8) is 0 Å². The van der Waals surface area contributed by atoms with E-state index in [0.29, 0.717) is 17.8 Å². The van der Waals surface area contributed by atoms with Gasteiger partial charge in [0.15, 0.2) is 0 Å². The quantitative estimate of drug-likeness (QED) is 0.756. The van der Waals surface area contributed by atoms with Crippen molar-refractivity contribution in [2.75, 3.05) is 17.9 Å². The minimum atomic E-state index is -3.74. The molecule has 2 aromatic carbocycles. The van der Waals surface area contributed by atoms with Gasteiger partial charge in [-0.3, -0.25) is 9.10 Å². The summed E-state index contributed by atoms with van der Waals surface area (Å²) in [6, 6.07) is 15.5. The van der Waals surface area contributed by atoms with Crippen molar-refractivity contribution in [3.05, 3.63) is 60.2 Å². The molecule has 1 aliphatic rings. The third-order valence-corrected chi connectivity index (χ3v) is 7.01. The van der Waals surface area contributed by atoms with Crippen molar-refractivity contribution in [2.45, 2.75) is 43.5 Å². The number of para-hydroxylation sites is 1. The van der Waals surface area contributed by atoms with E-state index in [1.165, 1.54) is 23.5 Å². The highest BCUT2D eigenvalue weighted by atomic mass is 32.2. The predicted octanol–water partition coefficient (Wildman–Crippen LogP) is 3.92. The topological polar surface area (TPSA) is 57.7 Å². The van der Waals surface area contributed by atoms with Gasteiger partial charge in [0, 0.05) is 25.2 Å². The summed E-state index contributed by atoms with van der Waals surface area (Å²) in [4.78, 5) is 15.0. The van der Waals surface area contributed by atoms with E-state index in [2.05, 4.69) is 0 Å². The van der Waals surface area contributed by atoms with E-state index in [4.69, 9.17) is 0 Å². The smallest absolute Gasteiger partial charge is 0.264 e. The molecule has 1 saturated carbocycles. The molecule has 0 bridgehead atoms. The molecular weight excluding hydrogens is 360 g/mol. The Balaban J connectivity index is 1.89. The normalized spacial score (nSPS) is 14.9. The van der Waals surface area contributed by atoms with E-state index >= 15 is 0 Å². The number of anilines is 1. The van der Waals surface area contributed by atoms with E-state index in [9.17, 15) is 13.2 Å². The fourth-order valence-electron chi connectivity index (χ4n) is 3.67. The Labute approximate surface area is 161 Å². The average molecular weight is 387 g/mol. The van der Waals surface area contributed by atoms with Crippen LogP contribution in [0.5, 0.6) is 0 Å². The van der Waals surface area contributed by atoms with E-state index < -0.39 is 10.0 Å². The lowest BCUT2D eigenvalue weighted by Crippen LogP contribution is -2.38. The summed E-state index contributed by atoms with van der Waals surface area (Å²) in [5.41, 5.74) is 1.00. The molecule has 1 fully saturated rings. The second-order valence-corrected chi connectivity index (χ2v) is 8.83. The zero-order valence-electron chi connectivity index (χ0n) is 15.8. The number of nitrogens with zero attached hydrogens (tertiary/aromatic N) is 2. The molecule has 27 heavy (non-hydrogen) atoms. The number of carbonyl (C=O) groups is 1. The molecule has 0 atom stereocenters. The molecule has 3 rings (SSSR count). The molecule has 0 heterocycles. The van der Waals surface area contributed by atoms with Crippen LogP contribution in [-0.2, 0) is 10.0 Å². The number of benzene rings is 2. The SMILES string of the molecule is CCN(C(=O)c1cccc(S(=O)(=O)N(C)c2ccccc2)c1)C1CCCC1. The van der Waals surface area contributed by atoms with Crippen LogP contribution in [-0.4, -0.2) is 38.9 Å². The van der Waals surface area contributed by atoms with Crippen LogP contribution < -0.4 is 4.31 Å². The minimum Gasteiger partial charge on any atom is -0.336 e. The average Bonchev–Trinajstić information content (AvgIpc) is 3.23. The maximum atomic E-state index is 13.0. The summed E-state index contributed by atoms with van der Waals surface area (Å²) in [6.07, 6.45) is 4.33. The molecule has 0 unspecified atom stereocenters. The highest BCUT2D eigenvalue weighted by molar-refractivity contribution is 7.92. The Morgan fingerprint density at radius 2 is 1.70 bits per heavy atom. The molecular formula is C21H26N2O3S. The Morgan fingerprint density at radius 3 is 2.33 bits per heavy atom. The molecule has 0 radical (unpaired) electrons. The van der Waals surface area contributed by atoms with E-state index in [0.717, 1.165) is 25.7 Å². The van der Waals surface area contributed by atoms with Crippen LogP contribution in [0.2, 0.25) is 0 Å². The van der Waals surface area contributed by atoms with E-state index in [-0.39, 0.29) is 16.8 Å². The highest BCUT2D eigenvalue weighted by Crippen LogP contribution is 2.26. The molecule has 144 valence electrons. The lowest BCUT2D eigenvalue weighted by atomic mass is 10.1. The van der Waals surface area contributed by atoms with Crippen molar-refractivity contribution in [3.8, 4) is 0 Å². The van der Waals surface area contributed by atoms with Gasteiger partial charge < -0.3 is 4.90 Å². The second-order valence-electron chi connectivity index (χ2n) is 6.87. The summed E-state index contributed by atoms with van der Waals surface area (Å²) in [7, 11) is -2.21. The zero-order valence-corrected chi connectivity index (χ0v) is 16.7. The third-order valence-electron chi connectivity index (χ3n) is 5.23. The van der Waals surface area contributed by atoms with Gasteiger partial charge in [0.05, 0.1) is 10.6 Å². The van der Waals surface area contributed by atoms with Crippen molar-refractivity contribution in [1.29, 1.82) is 0 Å². The van der Waals surface area contributed by atoms with Crippen LogP contribution in [0.4, 0.5) is 5.69 Å². The van der Waals surface area contributed by atoms with Gasteiger partial charge in [-0.1, -0.05) is 37.1 Å². The van der Waals surface area contributed by atoms with Crippen LogP contribution in [0, 0.1) is 0 Å². The third kappa shape index (κ3) is 4.00. The molecule has 0 saturated heterocycles. The molecule has 1 aliphatic carbocycles. The number of amides is 1. The maximum Gasteiger partial charge on any atom is 0.264 e. The first kappa shape index (κ1) is 19.4. The standard InChI is InChI=1S/C21H26N2O3S/c1-3-23(19-13-7-8-14-19)21(24)17-10-9-15-20(16-17)27(25,26)22(2)18-11-5-4-6-12-18/h4-6,9-12,15-16,19H,3,7-8,13-14H2,1-2H3. The predicted molar refractivity (Wildman–Crippen MR) is 107 cm³/mol. The first-order valence-electron chi connectivity index (χ1n) is 9.40. The molecule has 0 spiro atoms. The van der Waals surface area contributed by atoms with Gasteiger partial charge in [-0.25, -0.2) is 8.42 Å². The van der Waals surface area contributed by atoms with Gasteiger partial charge in [0.2, 0.25) is 0 Å². The van der Waals surface area contributed by atoms with Gasteiger partial charge in [-0.05, 0) is 50.1 Å². The molecule has 2 aromatic rings. The van der Waals surface area contributed by atoms with Crippen molar-refractivity contribution in [1.82, 2.24) is 4.90 Å². The second kappa shape index (κ2) is 8.13. The van der Waals surface area contributed by atoms with Crippen LogP contribution in [0.15, 0.2) is 59.5 Å². The van der Waals surface area contributed by atoms with Gasteiger partial charge in [0.25, 0.3) is 15.9 Å². The fourth-order valence-corrected chi connectivity index (χ4v) is 4.92. The molecule has 0 aliphatic heterocycles. The molecule has 0 N–H and O–H groups in total. The van der Waals surface area contributed by atoms with E-state index in [1.807, 2.05) is 17.9 Å². The minimum absolute atomic E-state index is 0.0937. The molecule has 1 amide bonds. The Kier molecular flexibility index (Phi) is 5.85. The fraction of sp³-hybridized carbons (Fsp3) is 0.381. The summed E-state index contributed by atoms with van der Waals surface area (Å²) in [6.45, 7) is 2.60. The van der Waals surface area contributed by atoms with E-state index in [1.54, 1.807) is 36.4 Å². The summed E-state index contributed by atoms with van der Waals surface area (Å²) in [5.74, 6) is -0.0937. The van der Waals surface area contributed by atoms with Crippen molar-refractivity contribution < 1.29 is 13.2 Å². The van der Waals surface area contributed by atoms with Crippen molar-refractivity contribution in [2.24, 2.45) is 0 Å². The molecule has 0 aromatic heterocycles. The molecule has 5 nitrogen and oxygen atoms in total. The summed E-state index contributed by atoms with van der Waals surface area (Å²) < 4.78 is 27.2. The first-order chi connectivity index (χ1) is 12.9. The number of hydrogen-bond donors (Lipinski definition) is 0. The first-order valence-corrected chi connectivity index (χ1v) is 10.8. The maximum absolute atomic E-state index is 13.0. The van der Waals surface area contributed by atoms with Crippen LogP contribution >= 0.6 is 0 Å². The van der Waals surface area contributed by atoms with Crippen LogP contribution in [0.25, 0.3) is 0 Å². The number of hydrogen-bond acceptors (Lipinski definition) is 3. The van der Waals surface area contributed by atoms with Crippen LogP contribution in [0.3, 0.4) is 0 Å². The summed E-state index contributed by atoms with van der Waals surface area (Å²) >= 11 is 0. The Bertz CT molecular complexity index is 891. The number of sulfonamides is 1. The Hall–Kier alpha value is -2.34. The zero-order chi connectivity index (χ0) is 19.4. The number of rotatable bonds is 6. The monoisotopic (exact) mass is 386 g/mol. The number of carbonyl (C=O) groups excluding carboxylic acids is 1. The highest BCUT2D eigenvalue weighted by Gasteiger charge is 2.28. The lowest BCUT2D eigenvalue weighted by Gasteiger charge is -2.28. The van der Waals surface area contributed by atoms with Gasteiger partial charge in [-0.2, -0.15) is 0 Å². The van der Waals surface area contributed by atoms with Gasteiger partial charge in [-0.15, -0.1) is 0 Å². The lowest BCUT2D eigenvalue weighted by molar-refractivity contribution is 0.0693. The summed E-state index contributed by atoms with van der Waals surface area (Å²) in [5, 5.41) is 0. The largest absolute Gasteiger partial charge is 0.336 e. The van der Waals surface area contributed by atoms with Crippen molar-refractivity contribution >= 4 is 21.6 Å².